The molecule has 2 saturated carbocycles. The molecule has 5 rings (SSSR count). The van der Waals surface area contributed by atoms with Gasteiger partial charge in [0.15, 0.2) is 0 Å². The van der Waals surface area contributed by atoms with Gasteiger partial charge in [-0.25, -0.2) is 4.79 Å². The maximum atomic E-state index is 11.7. The summed E-state index contributed by atoms with van der Waals surface area (Å²) in [6.45, 7) is 3.05. The topological polar surface area (TPSA) is 58.6 Å². The first kappa shape index (κ1) is 14.6. The number of amides is 1. The fourth-order valence-electron chi connectivity index (χ4n) is 6.58. The van der Waals surface area contributed by atoms with Gasteiger partial charge < -0.3 is 15.2 Å². The molecule has 3 fully saturated rings. The molecule has 0 unspecified atom stereocenters. The van der Waals surface area contributed by atoms with Crippen molar-refractivity contribution in [3.8, 4) is 5.75 Å². The van der Waals surface area contributed by atoms with Crippen LogP contribution in [0.5, 0.6) is 5.75 Å². The summed E-state index contributed by atoms with van der Waals surface area (Å²) in [6, 6.07) is 5.94. The molecule has 2 N–H and O–H groups in total. The van der Waals surface area contributed by atoms with Crippen LogP contribution in [-0.4, -0.2) is 23.3 Å². The Morgan fingerprint density at radius 2 is 2.12 bits per heavy atom. The lowest BCUT2D eigenvalue weighted by molar-refractivity contribution is -0.0808. The monoisotopic (exact) mass is 327 g/mol. The van der Waals surface area contributed by atoms with E-state index in [-0.39, 0.29) is 17.1 Å². The lowest BCUT2D eigenvalue weighted by Crippen LogP contribution is -2.52. The number of benzene rings is 1. The van der Waals surface area contributed by atoms with Gasteiger partial charge in [0, 0.05) is 5.41 Å². The van der Waals surface area contributed by atoms with Gasteiger partial charge >= 0.3 is 6.09 Å². The zero-order chi connectivity index (χ0) is 16.5. The predicted octanol–water partition coefficient (Wildman–Crippen LogP) is 3.73. The Balaban J connectivity index is 1.51. The van der Waals surface area contributed by atoms with Crippen molar-refractivity contribution in [2.75, 3.05) is 6.54 Å². The molecular weight excluding hydrogens is 302 g/mol. The number of aryl methyl sites for hydroxylation is 1. The van der Waals surface area contributed by atoms with Crippen molar-refractivity contribution >= 4 is 6.09 Å². The van der Waals surface area contributed by atoms with E-state index in [9.17, 15) is 9.90 Å². The van der Waals surface area contributed by atoms with Crippen LogP contribution >= 0.6 is 0 Å². The van der Waals surface area contributed by atoms with Gasteiger partial charge in [-0.2, -0.15) is 0 Å². The molecule has 128 valence electrons. The predicted molar refractivity (Wildman–Crippen MR) is 89.9 cm³/mol. The first-order valence-electron chi connectivity index (χ1n) is 9.31. The van der Waals surface area contributed by atoms with Crippen LogP contribution in [0.15, 0.2) is 18.2 Å². The smallest absolute Gasteiger partial charge is 0.407 e. The summed E-state index contributed by atoms with van der Waals surface area (Å²) in [4.78, 5) is 11.7. The standard InChI is InChI=1S/C20H25NO3/c1-19-8-6-15-14-5-3-13(22)10-12(14)2-4-16(15)17(19)7-9-20(19)11-21-18(23)24-20/h3,5,10,15-17,22H,2,4,6-9,11H2,1H3,(H,21,23)/t15-,16-,17+,19+,20-/m1/s1. The zero-order valence-electron chi connectivity index (χ0n) is 14.2. The zero-order valence-corrected chi connectivity index (χ0v) is 14.2. The summed E-state index contributed by atoms with van der Waals surface area (Å²) in [7, 11) is 0. The lowest BCUT2D eigenvalue weighted by Gasteiger charge is -2.52. The van der Waals surface area contributed by atoms with Crippen molar-refractivity contribution in [1.82, 2.24) is 5.32 Å². The van der Waals surface area contributed by atoms with Crippen LogP contribution in [0.2, 0.25) is 0 Å². The number of carbonyl (C=O) groups excluding carboxylic acids is 1. The van der Waals surface area contributed by atoms with Gasteiger partial charge in [-0.1, -0.05) is 13.0 Å². The summed E-state index contributed by atoms with van der Waals surface area (Å²) in [5, 5.41) is 12.7. The summed E-state index contributed by atoms with van der Waals surface area (Å²) >= 11 is 0. The number of phenolic OH excluding ortho intramolecular Hbond substituents is 1. The van der Waals surface area contributed by atoms with Crippen LogP contribution in [0, 0.1) is 17.3 Å². The first-order chi connectivity index (χ1) is 11.5. The Morgan fingerprint density at radius 1 is 1.25 bits per heavy atom. The van der Waals surface area contributed by atoms with Crippen molar-refractivity contribution in [1.29, 1.82) is 0 Å². The summed E-state index contributed by atoms with van der Waals surface area (Å²) in [5.41, 5.74) is 2.60. The molecule has 0 aromatic heterocycles. The van der Waals surface area contributed by atoms with Crippen molar-refractivity contribution in [2.45, 2.75) is 57.0 Å². The maximum Gasteiger partial charge on any atom is 0.407 e. The number of phenols is 1. The molecule has 1 aliphatic heterocycles. The minimum atomic E-state index is -0.283. The second kappa shape index (κ2) is 4.68. The van der Waals surface area contributed by atoms with Gasteiger partial charge in [-0.15, -0.1) is 0 Å². The number of rotatable bonds is 0. The van der Waals surface area contributed by atoms with Gasteiger partial charge in [0.1, 0.15) is 11.4 Å². The average molecular weight is 327 g/mol. The minimum absolute atomic E-state index is 0.0990. The highest BCUT2D eigenvalue weighted by Gasteiger charge is 2.65. The van der Waals surface area contributed by atoms with E-state index in [1.54, 1.807) is 0 Å². The number of hydrogen-bond donors (Lipinski definition) is 2. The summed E-state index contributed by atoms with van der Waals surface area (Å²) < 4.78 is 5.86. The number of alkyl carbamates (subject to hydrolysis) is 1. The van der Waals surface area contributed by atoms with Crippen molar-refractivity contribution < 1.29 is 14.6 Å². The molecule has 5 atom stereocenters. The van der Waals surface area contributed by atoms with Crippen molar-refractivity contribution in [2.24, 2.45) is 17.3 Å². The molecule has 1 aromatic rings. The van der Waals surface area contributed by atoms with E-state index >= 15 is 0 Å². The van der Waals surface area contributed by atoms with Gasteiger partial charge in [-0.05, 0) is 79.5 Å². The van der Waals surface area contributed by atoms with Crippen LogP contribution in [0.1, 0.15) is 56.1 Å². The molecule has 1 aromatic carbocycles. The molecule has 0 bridgehead atoms. The number of hydrogen-bond acceptors (Lipinski definition) is 3. The number of fused-ring (bicyclic) bond motifs is 6. The maximum absolute atomic E-state index is 11.7. The number of carbonyl (C=O) groups is 1. The summed E-state index contributed by atoms with van der Waals surface area (Å²) in [6.07, 6.45) is 6.46. The van der Waals surface area contributed by atoms with Crippen LogP contribution in [0.4, 0.5) is 4.79 Å². The fraction of sp³-hybridized carbons (Fsp3) is 0.650. The Kier molecular flexibility index (Phi) is 2.85. The molecule has 4 nitrogen and oxygen atoms in total. The molecule has 1 spiro atoms. The number of aromatic hydroxyl groups is 1. The van der Waals surface area contributed by atoms with E-state index in [4.69, 9.17) is 4.74 Å². The third-order valence-electron chi connectivity index (χ3n) is 7.81. The van der Waals surface area contributed by atoms with Crippen LogP contribution < -0.4 is 5.32 Å². The molecule has 3 aliphatic carbocycles. The van der Waals surface area contributed by atoms with E-state index < -0.39 is 0 Å². The van der Waals surface area contributed by atoms with E-state index in [0.29, 0.717) is 30.0 Å². The second-order valence-electron chi connectivity index (χ2n) is 8.53. The molecule has 4 aliphatic rings. The molecular formula is C20H25NO3. The normalized spacial score (nSPS) is 42.9. The van der Waals surface area contributed by atoms with Crippen molar-refractivity contribution in [3.05, 3.63) is 29.3 Å². The van der Waals surface area contributed by atoms with Crippen molar-refractivity contribution in [3.63, 3.8) is 0 Å². The Bertz CT molecular complexity index is 717. The molecule has 1 amide bonds. The SMILES string of the molecule is C[C@]12CC[C@@H]3c4ccc(O)cc4CC[C@H]3[C@@H]1CC[C@@]21CNC(=O)O1. The fourth-order valence-corrected chi connectivity index (χ4v) is 6.58. The summed E-state index contributed by atoms with van der Waals surface area (Å²) in [5.74, 6) is 2.30. The highest BCUT2D eigenvalue weighted by molar-refractivity contribution is 5.70. The van der Waals surface area contributed by atoms with E-state index in [1.807, 2.05) is 12.1 Å². The van der Waals surface area contributed by atoms with E-state index in [0.717, 1.165) is 25.7 Å². The van der Waals surface area contributed by atoms with Gasteiger partial charge in [0.05, 0.1) is 6.54 Å². The molecule has 0 radical (unpaired) electrons. The Morgan fingerprint density at radius 3 is 2.92 bits per heavy atom. The number of nitrogens with one attached hydrogen (secondary N) is 1. The highest BCUT2D eigenvalue weighted by atomic mass is 16.6. The largest absolute Gasteiger partial charge is 0.508 e. The molecule has 24 heavy (non-hydrogen) atoms. The lowest BCUT2D eigenvalue weighted by atomic mass is 9.53. The first-order valence-corrected chi connectivity index (χ1v) is 9.31. The van der Waals surface area contributed by atoms with E-state index in [2.05, 4.69) is 18.3 Å². The second-order valence-corrected chi connectivity index (χ2v) is 8.53. The van der Waals surface area contributed by atoms with Crippen LogP contribution in [-0.2, 0) is 11.2 Å². The minimum Gasteiger partial charge on any atom is -0.508 e. The number of ether oxygens (including phenoxy) is 1. The van der Waals surface area contributed by atoms with Gasteiger partial charge in [-0.3, -0.25) is 0 Å². The highest BCUT2D eigenvalue weighted by Crippen LogP contribution is 2.65. The van der Waals surface area contributed by atoms with E-state index in [1.165, 1.54) is 24.0 Å². The third kappa shape index (κ3) is 1.72. The van der Waals surface area contributed by atoms with Gasteiger partial charge in [0.25, 0.3) is 0 Å². The molecule has 1 saturated heterocycles. The van der Waals surface area contributed by atoms with Gasteiger partial charge in [0.2, 0.25) is 0 Å². The molecule has 1 heterocycles. The third-order valence-corrected chi connectivity index (χ3v) is 7.81. The van der Waals surface area contributed by atoms with Crippen LogP contribution in [0.25, 0.3) is 0 Å². The Labute approximate surface area is 142 Å². The van der Waals surface area contributed by atoms with Crippen LogP contribution in [0.3, 0.4) is 0 Å². The quantitative estimate of drug-likeness (QED) is 0.763. The average Bonchev–Trinajstić information content (AvgIpc) is 3.08. The Hall–Kier alpha value is -1.71. The molecule has 4 heteroatoms.